The van der Waals surface area contributed by atoms with Gasteiger partial charge in [0.15, 0.2) is 0 Å². The molecule has 0 atom stereocenters. The van der Waals surface area contributed by atoms with Gasteiger partial charge in [-0.3, -0.25) is 0 Å². The molecule has 2 aliphatic rings. The monoisotopic (exact) mass is 452 g/mol. The molecule has 2 aromatic carbocycles. The lowest BCUT2D eigenvalue weighted by Crippen LogP contribution is -2.54. The van der Waals surface area contributed by atoms with E-state index in [2.05, 4.69) is 13.8 Å². The highest BCUT2D eigenvalue weighted by atomic mass is 16.7. The van der Waals surface area contributed by atoms with Crippen LogP contribution in [0.25, 0.3) is 0 Å². The van der Waals surface area contributed by atoms with Gasteiger partial charge in [-0.1, -0.05) is 51.0 Å². The van der Waals surface area contributed by atoms with Crippen LogP contribution in [0.4, 0.5) is 9.59 Å². The van der Waals surface area contributed by atoms with E-state index in [0.717, 1.165) is 51.4 Å². The summed E-state index contributed by atoms with van der Waals surface area (Å²) in [4.78, 5) is 24.1. The maximum atomic E-state index is 12.1. The predicted molar refractivity (Wildman–Crippen MR) is 124 cm³/mol. The highest BCUT2D eigenvalue weighted by Gasteiger charge is 2.56. The fourth-order valence-corrected chi connectivity index (χ4v) is 4.85. The molecule has 2 saturated carbocycles. The second-order valence-electron chi connectivity index (χ2n) is 9.29. The van der Waals surface area contributed by atoms with Gasteiger partial charge in [0, 0.05) is 0 Å². The molecule has 176 valence electrons. The summed E-state index contributed by atoms with van der Waals surface area (Å²) in [6, 6.07) is 15.0. The lowest BCUT2D eigenvalue weighted by Gasteiger charge is -2.55. The summed E-state index contributed by atoms with van der Waals surface area (Å²) >= 11 is 0. The van der Waals surface area contributed by atoms with Gasteiger partial charge in [-0.2, -0.15) is 0 Å². The van der Waals surface area contributed by atoms with Crippen molar-refractivity contribution in [2.45, 2.75) is 77.4 Å². The second-order valence-corrected chi connectivity index (χ2v) is 9.29. The van der Waals surface area contributed by atoms with Crippen molar-refractivity contribution < 1.29 is 28.5 Å². The van der Waals surface area contributed by atoms with Crippen LogP contribution in [0, 0.1) is 5.41 Å². The zero-order chi connectivity index (χ0) is 23.3. The van der Waals surface area contributed by atoms with Gasteiger partial charge >= 0.3 is 12.3 Å². The Bertz CT molecular complexity index is 855. The van der Waals surface area contributed by atoms with Gasteiger partial charge in [-0.15, -0.1) is 0 Å². The molecule has 0 aliphatic heterocycles. The summed E-state index contributed by atoms with van der Waals surface area (Å²) in [5.74, 6) is 0.981. The van der Waals surface area contributed by atoms with E-state index in [4.69, 9.17) is 18.9 Å². The number of hydrogen-bond donors (Lipinski definition) is 0. The zero-order valence-corrected chi connectivity index (χ0v) is 19.4. The third-order valence-electron chi connectivity index (χ3n) is 6.49. The first-order valence-electron chi connectivity index (χ1n) is 11.9. The van der Waals surface area contributed by atoms with E-state index >= 15 is 0 Å². The molecule has 0 unspecified atom stereocenters. The van der Waals surface area contributed by atoms with Gasteiger partial charge in [-0.25, -0.2) is 9.59 Å². The Morgan fingerprint density at radius 1 is 0.697 bits per heavy atom. The molecular weight excluding hydrogens is 420 g/mol. The molecule has 6 nitrogen and oxygen atoms in total. The number of benzene rings is 2. The lowest BCUT2D eigenvalue weighted by atomic mass is 9.53. The summed E-state index contributed by atoms with van der Waals surface area (Å²) in [6.45, 7) is 4.25. The minimum absolute atomic E-state index is 0.0967. The average Bonchev–Trinajstić information content (AvgIpc) is 2.74. The van der Waals surface area contributed by atoms with E-state index in [9.17, 15) is 9.59 Å². The number of aryl methyl sites for hydroxylation is 2. The summed E-state index contributed by atoms with van der Waals surface area (Å²) in [7, 11) is 0. The molecule has 0 amide bonds. The first kappa shape index (κ1) is 23.1. The first-order valence-corrected chi connectivity index (χ1v) is 11.9. The maximum Gasteiger partial charge on any atom is 0.514 e. The van der Waals surface area contributed by atoms with Crippen molar-refractivity contribution in [2.24, 2.45) is 5.41 Å². The van der Waals surface area contributed by atoms with Crippen molar-refractivity contribution in [1.82, 2.24) is 0 Å². The normalized spacial score (nSPS) is 23.2. The van der Waals surface area contributed by atoms with Crippen LogP contribution in [-0.4, -0.2) is 24.5 Å². The van der Waals surface area contributed by atoms with Crippen LogP contribution in [0.1, 0.15) is 63.5 Å². The second kappa shape index (κ2) is 10.3. The van der Waals surface area contributed by atoms with Crippen LogP contribution in [-0.2, 0) is 22.3 Å². The van der Waals surface area contributed by atoms with Gasteiger partial charge in [0.25, 0.3) is 0 Å². The summed E-state index contributed by atoms with van der Waals surface area (Å²) < 4.78 is 21.4. The molecule has 0 heterocycles. The van der Waals surface area contributed by atoms with Crippen LogP contribution >= 0.6 is 0 Å². The minimum Gasteiger partial charge on any atom is -0.431 e. The molecule has 6 heteroatoms. The van der Waals surface area contributed by atoms with Crippen molar-refractivity contribution >= 4 is 12.3 Å². The number of rotatable bonds is 8. The molecule has 0 aromatic heterocycles. The Balaban J connectivity index is 1.12. The van der Waals surface area contributed by atoms with E-state index in [1.54, 1.807) is 24.3 Å². The number of carbonyl (C=O) groups excluding carboxylic acids is 2. The van der Waals surface area contributed by atoms with Crippen LogP contribution in [0.5, 0.6) is 11.5 Å². The molecule has 2 aromatic rings. The predicted octanol–water partition coefficient (Wildman–Crippen LogP) is 6.63. The van der Waals surface area contributed by atoms with E-state index in [1.807, 2.05) is 24.3 Å². The third-order valence-corrected chi connectivity index (χ3v) is 6.49. The topological polar surface area (TPSA) is 71.1 Å². The van der Waals surface area contributed by atoms with Crippen molar-refractivity contribution in [3.05, 3.63) is 59.7 Å². The Labute approximate surface area is 195 Å². The van der Waals surface area contributed by atoms with E-state index in [-0.39, 0.29) is 17.6 Å². The SMILES string of the molecule is CCCc1ccc(OC(=O)OC2CC3(C2)CC(OC(=O)Oc2ccc(CCC)cc2)C3)cc1. The fraction of sp³-hybridized carbons (Fsp3) is 0.481. The quantitative estimate of drug-likeness (QED) is 0.330. The van der Waals surface area contributed by atoms with Crippen molar-refractivity contribution in [2.75, 3.05) is 0 Å². The minimum atomic E-state index is -0.668. The fourth-order valence-electron chi connectivity index (χ4n) is 4.85. The molecule has 2 fully saturated rings. The highest BCUT2D eigenvalue weighted by Crippen LogP contribution is 2.57. The van der Waals surface area contributed by atoms with E-state index < -0.39 is 12.3 Å². The van der Waals surface area contributed by atoms with Crippen molar-refractivity contribution in [3.63, 3.8) is 0 Å². The molecular formula is C27H32O6. The Kier molecular flexibility index (Phi) is 7.21. The number of carbonyl (C=O) groups is 2. The lowest BCUT2D eigenvalue weighted by molar-refractivity contribution is -0.149. The Morgan fingerprint density at radius 3 is 1.39 bits per heavy atom. The zero-order valence-electron chi connectivity index (χ0n) is 19.4. The molecule has 2 aliphatic carbocycles. The first-order chi connectivity index (χ1) is 16.0. The van der Waals surface area contributed by atoms with Crippen molar-refractivity contribution in [3.8, 4) is 11.5 Å². The average molecular weight is 453 g/mol. The van der Waals surface area contributed by atoms with Crippen LogP contribution < -0.4 is 9.47 Å². The van der Waals surface area contributed by atoms with Crippen LogP contribution in [0.2, 0.25) is 0 Å². The Morgan fingerprint density at radius 2 is 1.06 bits per heavy atom. The molecule has 0 radical (unpaired) electrons. The van der Waals surface area contributed by atoms with E-state index in [1.165, 1.54) is 11.1 Å². The van der Waals surface area contributed by atoms with Crippen LogP contribution in [0.3, 0.4) is 0 Å². The van der Waals surface area contributed by atoms with Gasteiger partial charge in [-0.05, 0) is 79.3 Å². The molecule has 33 heavy (non-hydrogen) atoms. The summed E-state index contributed by atoms with van der Waals surface area (Å²) in [5.41, 5.74) is 2.53. The van der Waals surface area contributed by atoms with Gasteiger partial charge in [0.05, 0.1) is 0 Å². The summed E-state index contributed by atoms with van der Waals surface area (Å²) in [6.07, 6.45) is 5.60. The largest absolute Gasteiger partial charge is 0.514 e. The molecule has 4 rings (SSSR count). The van der Waals surface area contributed by atoms with Gasteiger partial charge in [0.2, 0.25) is 0 Å². The van der Waals surface area contributed by atoms with E-state index in [0.29, 0.717) is 11.5 Å². The molecule has 0 N–H and O–H groups in total. The summed E-state index contributed by atoms with van der Waals surface area (Å²) in [5, 5.41) is 0. The molecule has 0 bridgehead atoms. The standard InChI is InChI=1S/C27H32O6/c1-3-5-19-7-11-21(12-8-19)30-25(28)32-23-15-27(16-23)17-24(18-27)33-26(29)31-22-13-9-20(6-4-2)10-14-22/h7-14,23-24H,3-6,15-18H2,1-2H3. The van der Waals surface area contributed by atoms with Gasteiger partial charge in [0.1, 0.15) is 23.7 Å². The maximum absolute atomic E-state index is 12.1. The molecule has 1 spiro atoms. The number of hydrogen-bond acceptors (Lipinski definition) is 6. The molecule has 0 saturated heterocycles. The van der Waals surface area contributed by atoms with Crippen LogP contribution in [0.15, 0.2) is 48.5 Å². The third kappa shape index (κ3) is 6.06. The van der Waals surface area contributed by atoms with Crippen molar-refractivity contribution in [1.29, 1.82) is 0 Å². The highest BCUT2D eigenvalue weighted by molar-refractivity contribution is 5.65. The smallest absolute Gasteiger partial charge is 0.431 e. The number of ether oxygens (including phenoxy) is 4. The Hall–Kier alpha value is -3.02. The van der Waals surface area contributed by atoms with Gasteiger partial charge < -0.3 is 18.9 Å².